The Bertz CT molecular complexity index is 1230. The zero-order chi connectivity index (χ0) is 23.3. The summed E-state index contributed by atoms with van der Waals surface area (Å²) in [5, 5.41) is 13.2. The molecule has 1 saturated heterocycles. The average molecular weight is 468 g/mol. The van der Waals surface area contributed by atoms with Crippen LogP contribution in [0.1, 0.15) is 45.7 Å². The van der Waals surface area contributed by atoms with Gasteiger partial charge in [-0.2, -0.15) is 5.26 Å². The number of hydrogen-bond acceptors (Lipinski definition) is 6. The summed E-state index contributed by atoms with van der Waals surface area (Å²) in [4.78, 5) is 12.1. The van der Waals surface area contributed by atoms with Crippen molar-refractivity contribution in [3.63, 3.8) is 0 Å². The van der Waals surface area contributed by atoms with E-state index in [4.69, 9.17) is 4.99 Å². The number of rotatable bonds is 6. The lowest BCUT2D eigenvalue weighted by atomic mass is 10.1. The number of benzene rings is 2. The Morgan fingerprint density at radius 1 is 1.00 bits per heavy atom. The standard InChI is InChI=1S/C28H29N5S/c1-21-27-26(16-25(34-27)19-30-18-22-10-4-2-5-11-22)31-28(32-14-8-3-9-15-32)33(21)20-24-13-7-6-12-23(24)17-29/h2,4-7,10-13,16,30H,1,3,8-9,14-15,18-20H2. The minimum atomic E-state index is 0.594. The molecule has 0 radical (unpaired) electrons. The van der Waals surface area contributed by atoms with Gasteiger partial charge in [-0.05, 0) is 42.5 Å². The van der Waals surface area contributed by atoms with Crippen LogP contribution in [0.4, 0.5) is 5.69 Å². The lowest BCUT2D eigenvalue weighted by molar-refractivity contribution is 0.306. The summed E-state index contributed by atoms with van der Waals surface area (Å²) in [7, 11) is 0. The van der Waals surface area contributed by atoms with Gasteiger partial charge in [-0.1, -0.05) is 55.1 Å². The first-order chi connectivity index (χ1) is 16.7. The van der Waals surface area contributed by atoms with Crippen molar-refractivity contribution in [2.24, 2.45) is 4.99 Å². The number of guanidine groups is 1. The van der Waals surface area contributed by atoms with Crippen LogP contribution >= 0.6 is 11.3 Å². The third-order valence-electron chi connectivity index (χ3n) is 6.39. The van der Waals surface area contributed by atoms with Gasteiger partial charge in [-0.15, -0.1) is 11.3 Å². The third kappa shape index (κ3) is 4.77. The molecule has 0 spiro atoms. The Labute approximate surface area is 205 Å². The van der Waals surface area contributed by atoms with Crippen LogP contribution < -0.4 is 5.32 Å². The molecule has 0 atom stereocenters. The number of likely N-dealkylation sites (tertiary alicyclic amines) is 1. The molecule has 5 rings (SSSR count). The maximum atomic E-state index is 9.62. The minimum absolute atomic E-state index is 0.594. The second-order valence-electron chi connectivity index (χ2n) is 8.78. The summed E-state index contributed by atoms with van der Waals surface area (Å²) in [6.45, 7) is 8.74. The van der Waals surface area contributed by atoms with E-state index in [1.807, 2.05) is 30.3 Å². The molecular formula is C28H29N5S. The van der Waals surface area contributed by atoms with Crippen molar-refractivity contribution >= 4 is 28.7 Å². The molecule has 3 aromatic rings. The van der Waals surface area contributed by atoms with Gasteiger partial charge in [-0.25, -0.2) is 4.99 Å². The summed E-state index contributed by atoms with van der Waals surface area (Å²) >= 11 is 1.76. The minimum Gasteiger partial charge on any atom is -0.342 e. The molecule has 6 heteroatoms. The lowest BCUT2D eigenvalue weighted by Crippen LogP contribution is -2.46. The van der Waals surface area contributed by atoms with E-state index in [1.54, 1.807) is 11.3 Å². The molecule has 2 aromatic carbocycles. The van der Waals surface area contributed by atoms with E-state index in [-0.39, 0.29) is 0 Å². The third-order valence-corrected chi connectivity index (χ3v) is 7.56. The molecule has 1 fully saturated rings. The first kappa shape index (κ1) is 22.4. The highest BCUT2D eigenvalue weighted by molar-refractivity contribution is 7.13. The Balaban J connectivity index is 1.40. The van der Waals surface area contributed by atoms with Gasteiger partial charge in [-0.3, -0.25) is 0 Å². The fourth-order valence-corrected chi connectivity index (χ4v) is 5.63. The van der Waals surface area contributed by atoms with E-state index in [2.05, 4.69) is 58.1 Å². The number of nitriles is 1. The quantitative estimate of drug-likeness (QED) is 0.493. The van der Waals surface area contributed by atoms with E-state index >= 15 is 0 Å². The van der Waals surface area contributed by atoms with Crippen molar-refractivity contribution in [2.45, 2.75) is 38.9 Å². The zero-order valence-corrected chi connectivity index (χ0v) is 20.2. The van der Waals surface area contributed by atoms with Crippen LogP contribution in [-0.2, 0) is 19.6 Å². The van der Waals surface area contributed by atoms with Crippen molar-refractivity contribution < 1.29 is 0 Å². The monoisotopic (exact) mass is 467 g/mol. The van der Waals surface area contributed by atoms with Crippen LogP contribution in [0.15, 0.2) is 72.2 Å². The Kier molecular flexibility index (Phi) is 6.75. The lowest BCUT2D eigenvalue weighted by Gasteiger charge is -2.39. The highest BCUT2D eigenvalue weighted by Gasteiger charge is 2.30. The predicted octanol–water partition coefficient (Wildman–Crippen LogP) is 5.87. The highest BCUT2D eigenvalue weighted by atomic mass is 32.1. The van der Waals surface area contributed by atoms with Gasteiger partial charge in [0, 0.05) is 31.1 Å². The van der Waals surface area contributed by atoms with E-state index in [9.17, 15) is 5.26 Å². The zero-order valence-electron chi connectivity index (χ0n) is 19.3. The Hall–Kier alpha value is -3.40. The predicted molar refractivity (Wildman–Crippen MR) is 140 cm³/mol. The first-order valence-electron chi connectivity index (χ1n) is 11.9. The molecule has 5 nitrogen and oxygen atoms in total. The molecule has 0 saturated carbocycles. The smallest absolute Gasteiger partial charge is 0.206 e. The molecule has 3 heterocycles. The van der Waals surface area contributed by atoms with Gasteiger partial charge in [0.25, 0.3) is 0 Å². The molecule has 0 unspecified atom stereocenters. The molecule has 2 aliphatic heterocycles. The first-order valence-corrected chi connectivity index (χ1v) is 12.7. The van der Waals surface area contributed by atoms with E-state index in [1.165, 1.54) is 29.7 Å². The summed E-state index contributed by atoms with van der Waals surface area (Å²) < 4.78 is 0. The van der Waals surface area contributed by atoms with E-state index in [0.717, 1.165) is 54.0 Å². The van der Waals surface area contributed by atoms with Crippen LogP contribution in [0.3, 0.4) is 0 Å². The van der Waals surface area contributed by atoms with Crippen LogP contribution in [0, 0.1) is 11.3 Å². The van der Waals surface area contributed by atoms with Crippen molar-refractivity contribution in [3.05, 3.63) is 93.7 Å². The van der Waals surface area contributed by atoms with Gasteiger partial charge in [0.1, 0.15) is 0 Å². The molecular weight excluding hydrogens is 438 g/mol. The molecule has 1 aromatic heterocycles. The fourth-order valence-electron chi connectivity index (χ4n) is 4.58. The number of piperidine rings is 1. The van der Waals surface area contributed by atoms with E-state index < -0.39 is 0 Å². The second-order valence-corrected chi connectivity index (χ2v) is 9.91. The maximum Gasteiger partial charge on any atom is 0.206 e. The molecule has 0 aliphatic carbocycles. The normalized spacial score (nSPS) is 15.6. The second kappa shape index (κ2) is 10.3. The topological polar surface area (TPSA) is 54.7 Å². The summed E-state index contributed by atoms with van der Waals surface area (Å²) in [5.41, 5.74) is 4.96. The van der Waals surface area contributed by atoms with Crippen molar-refractivity contribution in [1.29, 1.82) is 5.26 Å². The summed E-state index contributed by atoms with van der Waals surface area (Å²) in [5.74, 6) is 0.964. The van der Waals surface area contributed by atoms with Crippen molar-refractivity contribution in [2.75, 3.05) is 13.1 Å². The van der Waals surface area contributed by atoms with Crippen molar-refractivity contribution in [3.8, 4) is 6.07 Å². The van der Waals surface area contributed by atoms with Gasteiger partial charge in [0.05, 0.1) is 34.4 Å². The maximum absolute atomic E-state index is 9.62. The summed E-state index contributed by atoms with van der Waals surface area (Å²) in [6, 6.07) is 22.8. The molecule has 0 bridgehead atoms. The fraction of sp³-hybridized carbons (Fsp3) is 0.286. The van der Waals surface area contributed by atoms with Crippen molar-refractivity contribution in [1.82, 2.24) is 15.1 Å². The largest absolute Gasteiger partial charge is 0.342 e. The molecule has 2 aliphatic rings. The van der Waals surface area contributed by atoms with Crippen LogP contribution in [0.2, 0.25) is 0 Å². The number of thiophene rings is 1. The molecule has 1 N–H and O–H groups in total. The summed E-state index contributed by atoms with van der Waals surface area (Å²) in [6.07, 6.45) is 3.63. The number of hydrogen-bond donors (Lipinski definition) is 1. The average Bonchev–Trinajstić information content (AvgIpc) is 3.30. The number of nitrogens with zero attached hydrogens (tertiary/aromatic N) is 4. The number of fused-ring (bicyclic) bond motifs is 1. The Morgan fingerprint density at radius 2 is 1.76 bits per heavy atom. The van der Waals surface area contributed by atoms with Crippen LogP contribution in [0.25, 0.3) is 5.70 Å². The van der Waals surface area contributed by atoms with Crippen LogP contribution in [0.5, 0.6) is 0 Å². The molecule has 172 valence electrons. The highest BCUT2D eigenvalue weighted by Crippen LogP contribution is 2.41. The molecule has 34 heavy (non-hydrogen) atoms. The number of nitrogens with one attached hydrogen (secondary N) is 1. The number of aliphatic imine (C=N–C) groups is 1. The molecule has 0 amide bonds. The van der Waals surface area contributed by atoms with Crippen LogP contribution in [-0.4, -0.2) is 28.8 Å². The van der Waals surface area contributed by atoms with Gasteiger partial charge in [0.15, 0.2) is 0 Å². The van der Waals surface area contributed by atoms with Gasteiger partial charge >= 0.3 is 0 Å². The Morgan fingerprint density at radius 3 is 2.56 bits per heavy atom. The van der Waals surface area contributed by atoms with E-state index in [0.29, 0.717) is 12.1 Å². The van der Waals surface area contributed by atoms with Gasteiger partial charge in [0.2, 0.25) is 5.96 Å². The van der Waals surface area contributed by atoms with Gasteiger partial charge < -0.3 is 15.1 Å². The SMILES string of the molecule is C=C1c2sc(CNCc3ccccc3)cc2N=C(N2CCCCC2)N1Cc1ccccc1C#N.